The van der Waals surface area contributed by atoms with E-state index in [0.717, 1.165) is 30.4 Å². The van der Waals surface area contributed by atoms with Gasteiger partial charge in [-0.3, -0.25) is 9.78 Å². The van der Waals surface area contributed by atoms with Crippen molar-refractivity contribution in [3.63, 3.8) is 0 Å². The number of phenolic OH excluding ortho intramolecular Hbond substituents is 1. The fourth-order valence-electron chi connectivity index (χ4n) is 4.26. The Hall–Kier alpha value is -3.41. The molecule has 0 spiro atoms. The van der Waals surface area contributed by atoms with Crippen LogP contribution in [-0.2, 0) is 13.5 Å². The van der Waals surface area contributed by atoms with E-state index < -0.39 is 0 Å². The summed E-state index contributed by atoms with van der Waals surface area (Å²) in [6, 6.07) is 8.14. The number of carbonyl (C=O) groups excluding carboxylic acids is 1. The second-order valence-corrected chi connectivity index (χ2v) is 8.11. The van der Waals surface area contributed by atoms with Crippen molar-refractivity contribution in [1.29, 1.82) is 0 Å². The number of halogens is 1. The molecule has 0 atom stereocenters. The van der Waals surface area contributed by atoms with Crippen molar-refractivity contribution in [3.8, 4) is 11.6 Å². The zero-order valence-corrected chi connectivity index (χ0v) is 16.5. The first-order chi connectivity index (χ1) is 14.4. The summed E-state index contributed by atoms with van der Waals surface area (Å²) < 4.78 is 14.7. The van der Waals surface area contributed by atoms with Gasteiger partial charge >= 0.3 is 0 Å². The van der Waals surface area contributed by atoms with Crippen molar-refractivity contribution in [2.24, 2.45) is 13.0 Å². The highest BCUT2D eigenvalue weighted by Gasteiger charge is 2.31. The Morgan fingerprint density at radius 3 is 2.57 bits per heavy atom. The molecule has 0 amide bonds. The number of aryl methyl sites for hydroxylation is 1. The minimum absolute atomic E-state index is 0.0302. The third-order valence-electron chi connectivity index (χ3n) is 6.14. The van der Waals surface area contributed by atoms with Crippen molar-refractivity contribution in [2.75, 3.05) is 0 Å². The number of aromatic hydroxyl groups is 2. The third-order valence-corrected chi connectivity index (χ3v) is 6.14. The smallest absolute Gasteiger partial charge is 0.202 e. The number of hydrogen-bond acceptors (Lipinski definition) is 4. The van der Waals surface area contributed by atoms with Crippen LogP contribution in [-0.4, -0.2) is 25.5 Å². The molecule has 1 saturated carbocycles. The van der Waals surface area contributed by atoms with Gasteiger partial charge in [-0.25, -0.2) is 4.39 Å². The van der Waals surface area contributed by atoms with Crippen molar-refractivity contribution in [1.82, 2.24) is 9.55 Å². The molecule has 0 unspecified atom stereocenters. The van der Waals surface area contributed by atoms with Crippen LogP contribution in [0.4, 0.5) is 4.39 Å². The van der Waals surface area contributed by atoms with E-state index in [2.05, 4.69) is 4.98 Å². The van der Waals surface area contributed by atoms with Crippen LogP contribution in [0.3, 0.4) is 0 Å². The Balaban J connectivity index is 1.74. The van der Waals surface area contributed by atoms with E-state index in [4.69, 9.17) is 0 Å². The molecule has 2 heterocycles. The van der Waals surface area contributed by atoms with Gasteiger partial charge in [-0.05, 0) is 48.6 Å². The van der Waals surface area contributed by atoms with Gasteiger partial charge in [0.05, 0.1) is 5.39 Å². The first-order valence-corrected chi connectivity index (χ1v) is 10.0. The van der Waals surface area contributed by atoms with E-state index in [-0.39, 0.29) is 34.5 Å². The normalized spacial score (nSPS) is 14.3. The van der Waals surface area contributed by atoms with E-state index in [1.165, 1.54) is 16.7 Å². The lowest BCUT2D eigenvalue weighted by Crippen LogP contribution is -2.22. The lowest BCUT2D eigenvalue weighted by molar-refractivity contribution is 0.0859. The number of pyridine rings is 1. The fourth-order valence-corrected chi connectivity index (χ4v) is 4.26. The monoisotopic (exact) mass is 404 g/mol. The molecule has 2 aromatic carbocycles. The van der Waals surface area contributed by atoms with E-state index in [9.17, 15) is 19.4 Å². The summed E-state index contributed by atoms with van der Waals surface area (Å²) >= 11 is 0. The summed E-state index contributed by atoms with van der Waals surface area (Å²) in [6.45, 7) is 0. The van der Waals surface area contributed by atoms with E-state index >= 15 is 0 Å². The lowest BCUT2D eigenvalue weighted by atomic mass is 9.78. The highest BCUT2D eigenvalue weighted by Crippen LogP contribution is 2.44. The molecule has 1 fully saturated rings. The number of ketones is 1. The first kappa shape index (κ1) is 18.6. The largest absolute Gasteiger partial charge is 0.505 e. The molecule has 0 saturated heterocycles. The van der Waals surface area contributed by atoms with Gasteiger partial charge in [0.2, 0.25) is 5.88 Å². The Kier molecular flexibility index (Phi) is 4.24. The molecule has 2 aromatic heterocycles. The van der Waals surface area contributed by atoms with Gasteiger partial charge in [0.25, 0.3) is 0 Å². The maximum atomic E-state index is 13.4. The molecule has 6 heteroatoms. The summed E-state index contributed by atoms with van der Waals surface area (Å²) in [5.41, 5.74) is 2.59. The summed E-state index contributed by atoms with van der Waals surface area (Å²) in [6.07, 6.45) is 6.59. The average Bonchev–Trinajstić information content (AvgIpc) is 2.97. The molecule has 0 aliphatic heterocycles. The Morgan fingerprint density at radius 2 is 1.90 bits per heavy atom. The molecular formula is C24H21FN2O3. The van der Waals surface area contributed by atoms with E-state index in [0.29, 0.717) is 28.3 Å². The Bertz CT molecular complexity index is 1300. The molecule has 30 heavy (non-hydrogen) atoms. The minimum Gasteiger partial charge on any atom is -0.505 e. The zero-order chi connectivity index (χ0) is 21.0. The van der Waals surface area contributed by atoms with Crippen LogP contribution in [0, 0.1) is 11.7 Å². The van der Waals surface area contributed by atoms with Crippen LogP contribution in [0.15, 0.2) is 42.7 Å². The van der Waals surface area contributed by atoms with Crippen LogP contribution in [0.5, 0.6) is 11.6 Å². The predicted molar refractivity (Wildman–Crippen MR) is 112 cm³/mol. The summed E-state index contributed by atoms with van der Waals surface area (Å²) in [5, 5.41) is 22.7. The highest BCUT2D eigenvalue weighted by atomic mass is 19.1. The molecule has 1 aliphatic rings. The summed E-state index contributed by atoms with van der Waals surface area (Å²) in [7, 11) is 1.67. The number of Topliss-reactive ketones (excluding diaryl/α,β-unsaturated/α-hetero) is 1. The fraction of sp³-hybridized carbons (Fsp3) is 0.250. The van der Waals surface area contributed by atoms with E-state index in [1.807, 2.05) is 6.07 Å². The molecular weight excluding hydrogens is 383 g/mol. The number of nitrogens with zero attached hydrogens (tertiary/aromatic N) is 2. The zero-order valence-electron chi connectivity index (χ0n) is 16.5. The van der Waals surface area contributed by atoms with Gasteiger partial charge in [-0.15, -0.1) is 0 Å². The number of aromatic nitrogens is 2. The van der Waals surface area contributed by atoms with Crippen molar-refractivity contribution in [3.05, 3.63) is 65.2 Å². The Morgan fingerprint density at radius 1 is 1.17 bits per heavy atom. The van der Waals surface area contributed by atoms with Crippen LogP contribution >= 0.6 is 0 Å². The van der Waals surface area contributed by atoms with Crippen LogP contribution in [0.2, 0.25) is 0 Å². The second-order valence-electron chi connectivity index (χ2n) is 8.11. The van der Waals surface area contributed by atoms with Gasteiger partial charge in [-0.2, -0.15) is 0 Å². The second kappa shape index (κ2) is 6.83. The summed E-state index contributed by atoms with van der Waals surface area (Å²) in [5.74, 6) is -0.521. The maximum Gasteiger partial charge on any atom is 0.202 e. The molecule has 152 valence electrons. The van der Waals surface area contributed by atoms with Gasteiger partial charge in [0, 0.05) is 41.7 Å². The molecule has 2 N–H and O–H groups in total. The predicted octanol–water partition coefficient (Wildman–Crippen LogP) is 4.85. The topological polar surface area (TPSA) is 75.4 Å². The maximum absolute atomic E-state index is 13.4. The van der Waals surface area contributed by atoms with E-state index in [1.54, 1.807) is 31.6 Å². The van der Waals surface area contributed by atoms with Crippen molar-refractivity contribution in [2.45, 2.75) is 25.7 Å². The minimum atomic E-state index is -0.292. The molecule has 0 bridgehead atoms. The van der Waals surface area contributed by atoms with Gasteiger partial charge < -0.3 is 14.8 Å². The quantitative estimate of drug-likeness (QED) is 0.477. The van der Waals surface area contributed by atoms with Crippen molar-refractivity contribution < 1.29 is 19.4 Å². The van der Waals surface area contributed by atoms with Crippen LogP contribution in [0.1, 0.15) is 40.7 Å². The number of benzene rings is 2. The molecule has 5 rings (SSSR count). The number of rotatable bonds is 4. The van der Waals surface area contributed by atoms with Gasteiger partial charge in [0.1, 0.15) is 11.3 Å². The number of fused-ring (bicyclic) bond motifs is 2. The van der Waals surface area contributed by atoms with Crippen LogP contribution < -0.4 is 0 Å². The average molecular weight is 404 g/mol. The number of phenols is 1. The van der Waals surface area contributed by atoms with Crippen LogP contribution in [0.25, 0.3) is 21.7 Å². The standard InChI is InChI=1S/C24H21FN2O3/c1-27-12-18-19(22(28)15-3-2-4-15)17-10-14(9-13-5-7-16(25)8-6-13)11-26-21(17)23(29)20(18)24(27)30/h5-8,10-12,15,29-30H,2-4,9H2,1H3. The van der Waals surface area contributed by atoms with Crippen molar-refractivity contribution >= 4 is 27.5 Å². The first-order valence-electron chi connectivity index (χ1n) is 10.0. The Labute approximate surface area is 172 Å². The SMILES string of the molecule is Cn1cc2c(C(=O)C3CCC3)c3cc(Cc4ccc(F)cc4)cnc3c(O)c2c1O. The number of hydrogen-bond donors (Lipinski definition) is 2. The van der Waals surface area contributed by atoms with Gasteiger partial charge in [-0.1, -0.05) is 18.6 Å². The molecule has 4 aromatic rings. The third kappa shape index (κ3) is 2.83. The van der Waals surface area contributed by atoms with Gasteiger partial charge in [0.15, 0.2) is 11.5 Å². The molecule has 1 aliphatic carbocycles. The lowest BCUT2D eigenvalue weighted by Gasteiger charge is -2.25. The highest BCUT2D eigenvalue weighted by molar-refractivity contribution is 6.22. The summed E-state index contributed by atoms with van der Waals surface area (Å²) in [4.78, 5) is 17.8. The molecule has 5 nitrogen and oxygen atoms in total. The number of carbonyl (C=O) groups is 1. The molecule has 0 radical (unpaired) electrons.